The number of halogens is 2. The quantitative estimate of drug-likeness (QED) is 0.679. The number of nitrogens with zero attached hydrogens (tertiary/aromatic N) is 3. The van der Waals surface area contributed by atoms with Crippen molar-refractivity contribution < 1.29 is 13.5 Å². The number of carbonyl (C=O) groups is 1. The second-order valence-electron chi connectivity index (χ2n) is 5.53. The topological polar surface area (TPSA) is 73.8 Å². The lowest BCUT2D eigenvalue weighted by atomic mass is 9.97. The molecule has 134 valence electrons. The normalized spacial score (nSPS) is 12.2. The van der Waals surface area contributed by atoms with Gasteiger partial charge in [0.05, 0.1) is 10.6 Å². The van der Waals surface area contributed by atoms with Gasteiger partial charge in [0.15, 0.2) is 11.6 Å². The van der Waals surface area contributed by atoms with Gasteiger partial charge in [0, 0.05) is 40.0 Å². The highest BCUT2D eigenvalue weighted by Crippen LogP contribution is 2.28. The van der Waals surface area contributed by atoms with Gasteiger partial charge in [-0.3, -0.25) is 4.79 Å². The molecule has 1 atom stereocenters. The molecule has 3 rings (SSSR count). The monoisotopic (exact) mass is 364 g/mol. The Labute approximate surface area is 153 Å². The number of hydrogen-bond acceptors (Lipinski definition) is 4. The minimum atomic E-state index is -0.678. The molecule has 2 heterocycles. The molecule has 0 aliphatic rings. The Morgan fingerprint density at radius 3 is 2.80 bits per heavy atom. The lowest BCUT2D eigenvalue weighted by Crippen LogP contribution is -2.15. The van der Waals surface area contributed by atoms with Crippen LogP contribution in [0.15, 0.2) is 48.9 Å². The summed E-state index contributed by atoms with van der Waals surface area (Å²) < 4.78 is 16.3. The van der Waals surface area contributed by atoms with Gasteiger partial charge in [0.25, 0.3) is 0 Å². The number of pyridine rings is 1. The zero-order valence-corrected chi connectivity index (χ0v) is 14.2. The van der Waals surface area contributed by atoms with E-state index in [1.54, 1.807) is 35.3 Å². The van der Waals surface area contributed by atoms with Crippen LogP contribution in [0.2, 0.25) is 5.02 Å². The van der Waals surface area contributed by atoms with Crippen LogP contribution >= 0.6 is 11.6 Å². The number of ketones is 1. The Kier molecular flexibility index (Phi) is 4.92. The van der Waals surface area contributed by atoms with E-state index < -0.39 is 17.6 Å². The van der Waals surface area contributed by atoms with Gasteiger partial charge in [0.2, 0.25) is 0 Å². The van der Waals surface area contributed by atoms with Crippen LogP contribution < -0.4 is 5.73 Å². The first-order valence-corrected chi connectivity index (χ1v) is 8.15. The number of benzene rings is 1. The van der Waals surface area contributed by atoms with Crippen LogP contribution in [0.1, 0.15) is 45.2 Å². The van der Waals surface area contributed by atoms with Crippen molar-refractivity contribution in [3.05, 3.63) is 76.5 Å². The molecule has 25 heavy (non-hydrogen) atoms. The van der Waals surface area contributed by atoms with Crippen LogP contribution in [-0.4, -0.2) is 20.5 Å². The second kappa shape index (κ2) is 7.13. The average molecular weight is 365 g/mol. The fraction of sp³-hybridized carbons (Fsp3) is 0.167. The Balaban J connectivity index is 0.00000243. The molecule has 0 fully saturated rings. The molecule has 3 aromatic rings. The Morgan fingerprint density at radius 1 is 1.40 bits per heavy atom. The van der Waals surface area contributed by atoms with Crippen LogP contribution in [0.3, 0.4) is 0 Å². The molecule has 1 aromatic carbocycles. The van der Waals surface area contributed by atoms with Gasteiger partial charge in [-0.25, -0.2) is 14.1 Å². The van der Waals surface area contributed by atoms with E-state index in [-0.39, 0.29) is 26.0 Å². The third-order valence-corrected chi connectivity index (χ3v) is 4.25. The molecule has 7 heteroatoms. The van der Waals surface area contributed by atoms with Crippen LogP contribution in [0.5, 0.6) is 0 Å². The maximum absolute atomic E-state index is 14.8. The lowest BCUT2D eigenvalue weighted by molar-refractivity contribution is 0.103. The molecule has 0 radical (unpaired) electrons. The van der Waals surface area contributed by atoms with E-state index in [0.29, 0.717) is 12.2 Å². The first kappa shape index (κ1) is 17.3. The van der Waals surface area contributed by atoms with Crippen molar-refractivity contribution >= 4 is 17.4 Å². The highest BCUT2D eigenvalue weighted by atomic mass is 35.5. The fourth-order valence-corrected chi connectivity index (χ4v) is 2.72. The average Bonchev–Trinajstić information content (AvgIpc) is 3.16. The summed E-state index contributed by atoms with van der Waals surface area (Å²) in [4.78, 5) is 16.9. The Bertz CT molecular complexity index is 908. The maximum atomic E-state index is 14.8. The second-order valence-corrected chi connectivity index (χ2v) is 5.93. The Morgan fingerprint density at radius 2 is 2.20 bits per heavy atom. The minimum Gasteiger partial charge on any atom is -0.324 e. The van der Waals surface area contributed by atoms with Crippen LogP contribution in [0.25, 0.3) is 5.82 Å². The summed E-state index contributed by atoms with van der Waals surface area (Å²) in [5, 5.41) is 4.11. The van der Waals surface area contributed by atoms with Crippen LogP contribution in [0.4, 0.5) is 4.39 Å². The van der Waals surface area contributed by atoms with Gasteiger partial charge in [0.1, 0.15) is 5.82 Å². The molecular weight excluding hydrogens is 343 g/mol. The van der Waals surface area contributed by atoms with E-state index in [4.69, 9.17) is 17.3 Å². The van der Waals surface area contributed by atoms with Crippen LogP contribution in [0, 0.1) is 5.82 Å². The predicted molar refractivity (Wildman–Crippen MR) is 99.8 cm³/mol. The fourth-order valence-electron chi connectivity index (χ4n) is 2.49. The summed E-state index contributed by atoms with van der Waals surface area (Å²) in [6, 6.07) is 7.47. The smallest absolute Gasteiger partial charge is 0.199 e. The van der Waals surface area contributed by atoms with Gasteiger partial charge < -0.3 is 5.73 Å². The molecule has 0 aliphatic heterocycles. The van der Waals surface area contributed by atoms with Crippen molar-refractivity contribution in [1.82, 2.24) is 14.8 Å². The third-order valence-electron chi connectivity index (χ3n) is 3.94. The SMILES string of the molecule is CC[C@@H](N)c1ccc(Cl)c(C(=O)c2ccc(-n3cccn3)nc2)c1F.[HH].[HH].[HH]. The van der Waals surface area contributed by atoms with Gasteiger partial charge in [-0.1, -0.05) is 24.6 Å². The molecule has 2 N–H and O–H groups in total. The number of hydrogen-bond donors (Lipinski definition) is 1. The molecule has 0 unspecified atom stereocenters. The molecular formula is C18H22ClFN4O. The first-order valence-electron chi connectivity index (χ1n) is 7.77. The summed E-state index contributed by atoms with van der Waals surface area (Å²) in [5.41, 5.74) is 6.24. The lowest BCUT2D eigenvalue weighted by Gasteiger charge is -2.14. The van der Waals surface area contributed by atoms with Crippen molar-refractivity contribution in [3.63, 3.8) is 0 Å². The van der Waals surface area contributed by atoms with Crippen LogP contribution in [-0.2, 0) is 0 Å². The largest absolute Gasteiger partial charge is 0.324 e. The van der Waals surface area contributed by atoms with Crippen molar-refractivity contribution in [1.29, 1.82) is 0 Å². The molecule has 2 aromatic heterocycles. The van der Waals surface area contributed by atoms with E-state index in [2.05, 4.69) is 10.1 Å². The Hall–Kier alpha value is -2.57. The number of carbonyl (C=O) groups excluding carboxylic acids is 1. The van der Waals surface area contributed by atoms with Crippen molar-refractivity contribution in [2.45, 2.75) is 19.4 Å². The first-order chi connectivity index (χ1) is 12.0. The molecule has 0 amide bonds. The molecule has 0 saturated carbocycles. The molecule has 0 aliphatic carbocycles. The molecule has 0 spiro atoms. The van der Waals surface area contributed by atoms with Crippen molar-refractivity contribution in [2.75, 3.05) is 0 Å². The number of nitrogens with two attached hydrogens (primary N) is 1. The van der Waals surface area contributed by atoms with E-state index in [9.17, 15) is 9.18 Å². The van der Waals surface area contributed by atoms with Gasteiger partial charge in [-0.2, -0.15) is 5.10 Å². The summed E-state index contributed by atoms with van der Waals surface area (Å²) in [6.07, 6.45) is 5.28. The molecule has 5 nitrogen and oxygen atoms in total. The van der Waals surface area contributed by atoms with Gasteiger partial charge in [-0.15, -0.1) is 0 Å². The van der Waals surface area contributed by atoms with E-state index in [1.807, 2.05) is 6.92 Å². The summed E-state index contributed by atoms with van der Waals surface area (Å²) in [7, 11) is 0. The van der Waals surface area contributed by atoms with Crippen molar-refractivity contribution in [3.8, 4) is 5.82 Å². The van der Waals surface area contributed by atoms with Gasteiger partial charge >= 0.3 is 0 Å². The summed E-state index contributed by atoms with van der Waals surface area (Å²) in [5.74, 6) is -0.662. The van der Waals surface area contributed by atoms with E-state index >= 15 is 0 Å². The predicted octanol–water partition coefficient (Wildman–Crippen LogP) is 4.44. The number of rotatable bonds is 5. The minimum absolute atomic E-state index is 0. The highest BCUT2D eigenvalue weighted by Gasteiger charge is 2.23. The number of aromatic nitrogens is 3. The van der Waals surface area contributed by atoms with E-state index in [0.717, 1.165) is 0 Å². The zero-order valence-electron chi connectivity index (χ0n) is 13.5. The highest BCUT2D eigenvalue weighted by molar-refractivity contribution is 6.35. The standard InChI is InChI=1S/C18H16ClFN4O.3H2/c1-2-14(21)12-5-6-13(19)16(17(12)20)18(25)11-4-7-15(22-10-11)24-9-3-8-23-24;;;/h3-10,14H,2,21H2,1H3;3*1H/t14-;;;/m1.../s1. The summed E-state index contributed by atoms with van der Waals surface area (Å²) >= 11 is 6.07. The zero-order chi connectivity index (χ0) is 18.0. The van der Waals surface area contributed by atoms with Gasteiger partial charge in [-0.05, 0) is 30.7 Å². The van der Waals surface area contributed by atoms with Crippen molar-refractivity contribution in [2.24, 2.45) is 5.73 Å². The maximum Gasteiger partial charge on any atom is 0.199 e. The summed E-state index contributed by atoms with van der Waals surface area (Å²) in [6.45, 7) is 1.85. The van der Waals surface area contributed by atoms with E-state index in [1.165, 1.54) is 18.3 Å². The molecule has 0 saturated heterocycles. The third kappa shape index (κ3) is 3.31. The molecule has 0 bridgehead atoms.